The van der Waals surface area contributed by atoms with Crippen molar-refractivity contribution in [1.82, 2.24) is 9.80 Å². The highest BCUT2D eigenvalue weighted by molar-refractivity contribution is 6.35. The van der Waals surface area contributed by atoms with Gasteiger partial charge in [0.1, 0.15) is 5.54 Å². The van der Waals surface area contributed by atoms with E-state index in [9.17, 15) is 9.59 Å². The largest absolute Gasteiger partial charge is 0.329 e. The van der Waals surface area contributed by atoms with E-state index in [-0.39, 0.29) is 18.4 Å². The molecule has 0 saturated carbocycles. The summed E-state index contributed by atoms with van der Waals surface area (Å²) in [5, 5.41) is 9.83. The minimum atomic E-state index is -1.12. The third-order valence-electron chi connectivity index (χ3n) is 5.02. The summed E-state index contributed by atoms with van der Waals surface area (Å²) in [6.45, 7) is 2.08. The molecule has 0 radical (unpaired) electrons. The van der Waals surface area contributed by atoms with Crippen LogP contribution in [0.5, 0.6) is 0 Å². The number of carbonyl (C=O) groups excluding carboxylic acids is 2. The van der Waals surface area contributed by atoms with Crippen LogP contribution in [0.2, 0.25) is 0 Å². The smallest absolute Gasteiger partial charge is 0.252 e. The Bertz CT molecular complexity index is 918. The van der Waals surface area contributed by atoms with E-state index in [1.807, 2.05) is 0 Å². The molecule has 0 aliphatic carbocycles. The number of rotatable bonds is 7. The van der Waals surface area contributed by atoms with Gasteiger partial charge in [-0.2, -0.15) is 5.26 Å². The first kappa shape index (κ1) is 23.7. The summed E-state index contributed by atoms with van der Waals surface area (Å²) in [4.78, 5) is 28.1. The van der Waals surface area contributed by atoms with Gasteiger partial charge in [-0.15, -0.1) is 0 Å². The molecule has 1 aromatic rings. The zero-order chi connectivity index (χ0) is 22.3. The zero-order valence-electron chi connectivity index (χ0n) is 16.9. The molecule has 2 atom stereocenters. The Kier molecular flexibility index (Phi) is 8.24. The van der Waals surface area contributed by atoms with Crippen molar-refractivity contribution in [2.24, 2.45) is 5.73 Å². The maximum Gasteiger partial charge on any atom is 0.252 e. The molecule has 8 heteroatoms. The lowest BCUT2D eigenvalue weighted by atomic mass is 9.85. The van der Waals surface area contributed by atoms with Crippen LogP contribution in [0.1, 0.15) is 24.5 Å². The van der Waals surface area contributed by atoms with Crippen LogP contribution in [0.3, 0.4) is 0 Å². The van der Waals surface area contributed by atoms with Gasteiger partial charge in [0.15, 0.2) is 0 Å². The molecule has 158 valence electrons. The Hall–Kier alpha value is -2.59. The van der Waals surface area contributed by atoms with E-state index in [0.717, 1.165) is 5.56 Å². The molecule has 0 spiro atoms. The van der Waals surface area contributed by atoms with Gasteiger partial charge in [-0.1, -0.05) is 41.4 Å². The lowest BCUT2D eigenvalue weighted by Crippen LogP contribution is -2.55. The Labute approximate surface area is 186 Å². The standard InChI is InChI=1S/C22H24Cl2N4O2/c1-3-18(23)10-19(24)8-9-27(2)21(30)22(12-20(26)14-28(22)15-29)11-16-4-6-17(13-25)7-5-16/h3-10,15,20H,11-12,14,26H2,1-2H3/b9-8+,18-3+,19-10+. The van der Waals surface area contributed by atoms with Crippen molar-refractivity contribution < 1.29 is 9.59 Å². The third kappa shape index (κ3) is 5.51. The van der Waals surface area contributed by atoms with Crippen molar-refractivity contribution in [3.8, 4) is 6.07 Å². The topological polar surface area (TPSA) is 90.4 Å². The van der Waals surface area contributed by atoms with Crippen LogP contribution in [0.25, 0.3) is 0 Å². The lowest BCUT2D eigenvalue weighted by Gasteiger charge is -2.37. The number of likely N-dealkylation sites (N-methyl/N-ethyl adjacent to an activating group) is 1. The van der Waals surface area contributed by atoms with E-state index in [2.05, 4.69) is 6.07 Å². The van der Waals surface area contributed by atoms with Gasteiger partial charge >= 0.3 is 0 Å². The number of hydrogen-bond acceptors (Lipinski definition) is 4. The highest BCUT2D eigenvalue weighted by Crippen LogP contribution is 2.33. The monoisotopic (exact) mass is 446 g/mol. The quantitative estimate of drug-likeness (QED) is 0.513. The molecule has 1 saturated heterocycles. The van der Waals surface area contributed by atoms with E-state index in [1.54, 1.807) is 56.5 Å². The number of amides is 2. The van der Waals surface area contributed by atoms with E-state index in [4.69, 9.17) is 34.2 Å². The van der Waals surface area contributed by atoms with Gasteiger partial charge in [0.2, 0.25) is 6.41 Å². The van der Waals surface area contributed by atoms with E-state index in [0.29, 0.717) is 35.0 Å². The molecule has 6 nitrogen and oxygen atoms in total. The predicted octanol–water partition coefficient (Wildman–Crippen LogP) is 3.27. The van der Waals surface area contributed by atoms with Crippen molar-refractivity contribution in [3.63, 3.8) is 0 Å². The Morgan fingerprint density at radius 3 is 2.60 bits per heavy atom. The molecule has 1 heterocycles. The van der Waals surface area contributed by atoms with Crippen LogP contribution in [0.4, 0.5) is 0 Å². The van der Waals surface area contributed by atoms with Crippen LogP contribution in [0.15, 0.2) is 58.8 Å². The lowest BCUT2D eigenvalue weighted by molar-refractivity contribution is -0.143. The minimum absolute atomic E-state index is 0.273. The minimum Gasteiger partial charge on any atom is -0.329 e. The van der Waals surface area contributed by atoms with E-state index in [1.165, 1.54) is 16.0 Å². The maximum atomic E-state index is 13.5. The molecule has 30 heavy (non-hydrogen) atoms. The van der Waals surface area contributed by atoms with Crippen LogP contribution >= 0.6 is 23.2 Å². The molecule has 2 rings (SSSR count). The van der Waals surface area contributed by atoms with Crippen LogP contribution in [-0.2, 0) is 16.0 Å². The van der Waals surface area contributed by atoms with Crippen molar-refractivity contribution in [2.75, 3.05) is 13.6 Å². The number of halogens is 2. The van der Waals surface area contributed by atoms with Gasteiger partial charge in [-0.3, -0.25) is 9.59 Å². The number of nitrogens with zero attached hydrogens (tertiary/aromatic N) is 3. The van der Waals surface area contributed by atoms with Crippen LogP contribution < -0.4 is 5.73 Å². The molecule has 1 aliphatic heterocycles. The average Bonchev–Trinajstić information content (AvgIpc) is 3.07. The first-order valence-electron chi connectivity index (χ1n) is 9.37. The van der Waals surface area contributed by atoms with Gasteiger partial charge in [-0.25, -0.2) is 0 Å². The van der Waals surface area contributed by atoms with Gasteiger partial charge < -0.3 is 15.5 Å². The number of carbonyl (C=O) groups is 2. The molecule has 1 fully saturated rings. The summed E-state index contributed by atoms with van der Waals surface area (Å²) in [5.41, 5.74) is 6.36. The second-order valence-electron chi connectivity index (χ2n) is 7.17. The molecule has 0 aromatic heterocycles. The number of nitriles is 1. The molecule has 2 N–H and O–H groups in total. The van der Waals surface area contributed by atoms with Crippen LogP contribution in [-0.4, -0.2) is 47.3 Å². The summed E-state index contributed by atoms with van der Waals surface area (Å²) in [7, 11) is 1.60. The Balaban J connectivity index is 2.34. The second-order valence-corrected chi connectivity index (χ2v) is 8.05. The number of hydrogen-bond donors (Lipinski definition) is 1. The summed E-state index contributed by atoms with van der Waals surface area (Å²) in [6, 6.07) is 8.70. The SMILES string of the molecule is C\C=C(Cl)/C=C(Cl)\C=C\N(C)C(=O)C1(Cc2ccc(C#N)cc2)CC(N)CN1C=O. The van der Waals surface area contributed by atoms with E-state index < -0.39 is 5.54 Å². The predicted molar refractivity (Wildman–Crippen MR) is 118 cm³/mol. The molecular weight excluding hydrogens is 423 g/mol. The van der Waals surface area contributed by atoms with Crippen molar-refractivity contribution in [3.05, 3.63) is 69.9 Å². The fourth-order valence-corrected chi connectivity index (χ4v) is 3.87. The second kappa shape index (κ2) is 10.4. The van der Waals surface area contributed by atoms with Gasteiger partial charge in [0.25, 0.3) is 5.91 Å². The van der Waals surface area contributed by atoms with Crippen LogP contribution in [0, 0.1) is 11.3 Å². The maximum absolute atomic E-state index is 13.5. The number of allylic oxidation sites excluding steroid dienone is 5. The highest BCUT2D eigenvalue weighted by atomic mass is 35.5. The molecule has 2 unspecified atom stereocenters. The highest BCUT2D eigenvalue weighted by Gasteiger charge is 2.50. The Morgan fingerprint density at radius 2 is 2.03 bits per heavy atom. The van der Waals surface area contributed by atoms with E-state index >= 15 is 0 Å². The molecule has 1 aromatic carbocycles. The summed E-state index contributed by atoms with van der Waals surface area (Å²) in [6.07, 6.45) is 7.64. The normalized spacial score (nSPS) is 22.3. The number of likely N-dealkylation sites (tertiary alicyclic amines) is 1. The van der Waals surface area contributed by atoms with Crippen molar-refractivity contribution in [1.29, 1.82) is 5.26 Å². The first-order valence-corrected chi connectivity index (χ1v) is 10.1. The zero-order valence-corrected chi connectivity index (χ0v) is 18.4. The van der Waals surface area contributed by atoms with Gasteiger partial charge in [0.05, 0.1) is 11.6 Å². The summed E-state index contributed by atoms with van der Waals surface area (Å²) >= 11 is 12.1. The number of nitrogens with two attached hydrogens (primary N) is 1. The van der Waals surface area contributed by atoms with Crippen molar-refractivity contribution in [2.45, 2.75) is 31.3 Å². The first-order chi connectivity index (χ1) is 14.2. The third-order valence-corrected chi connectivity index (χ3v) is 5.58. The molecular formula is C22H24Cl2N4O2. The number of benzene rings is 1. The fraction of sp³-hybridized carbons (Fsp3) is 0.318. The van der Waals surface area contributed by atoms with Gasteiger partial charge in [-0.05, 0) is 43.2 Å². The molecule has 0 bridgehead atoms. The summed E-state index contributed by atoms with van der Waals surface area (Å²) in [5.74, 6) is -0.273. The molecule has 1 aliphatic rings. The fourth-order valence-electron chi connectivity index (χ4n) is 3.52. The average molecular weight is 447 g/mol. The van der Waals surface area contributed by atoms with Gasteiger partial charge in [0, 0.05) is 42.3 Å². The Morgan fingerprint density at radius 1 is 1.37 bits per heavy atom. The summed E-state index contributed by atoms with van der Waals surface area (Å²) < 4.78 is 0. The molecule has 2 amide bonds. The van der Waals surface area contributed by atoms with Crippen molar-refractivity contribution >= 4 is 35.5 Å².